The summed E-state index contributed by atoms with van der Waals surface area (Å²) in [4.78, 5) is 22.5. The van der Waals surface area contributed by atoms with E-state index in [1.165, 1.54) is 12.1 Å². The first kappa shape index (κ1) is 23.4. The summed E-state index contributed by atoms with van der Waals surface area (Å²) in [6.07, 6.45) is 8.03. The highest BCUT2D eigenvalue weighted by atomic mass is 35.5. The molecule has 35 heavy (non-hydrogen) atoms. The number of amides is 1. The molecule has 0 aliphatic carbocycles. The zero-order valence-electron chi connectivity index (χ0n) is 19.2. The highest BCUT2D eigenvalue weighted by molar-refractivity contribution is 6.30. The Labute approximate surface area is 207 Å². The number of ether oxygens (including phenoxy) is 1. The molecule has 180 valence electrons. The molecule has 0 bridgehead atoms. The molecule has 5 rings (SSSR count). The highest BCUT2D eigenvalue weighted by Crippen LogP contribution is 2.26. The van der Waals surface area contributed by atoms with Crippen molar-refractivity contribution in [1.82, 2.24) is 25.1 Å². The number of aromatic nitrogens is 4. The summed E-state index contributed by atoms with van der Waals surface area (Å²) in [5, 5.41) is 8.10. The van der Waals surface area contributed by atoms with Crippen molar-refractivity contribution in [3.05, 3.63) is 88.3 Å². The molecule has 1 aliphatic rings. The number of nitrogens with zero attached hydrogens (tertiary/aromatic N) is 4. The SMILES string of the molecule is Cn1cc(C(NC(=O)c2ccc3cnc(CC4CCOCC4)nc3c2)c2ccc(Cl)c(F)c2)cn1. The number of hydrogen-bond donors (Lipinski definition) is 1. The molecule has 0 spiro atoms. The lowest BCUT2D eigenvalue weighted by molar-refractivity contribution is 0.0660. The van der Waals surface area contributed by atoms with Crippen LogP contribution in [0.5, 0.6) is 0 Å². The largest absolute Gasteiger partial charge is 0.381 e. The molecule has 4 aromatic rings. The standard InChI is InChI=1S/C26H25ClFN5O2/c1-33-15-20(14-30-33)25(17-4-5-21(27)22(28)11-17)32-26(34)18-2-3-19-13-29-24(31-23(19)12-18)10-16-6-8-35-9-7-16/h2-5,11-16,25H,6-10H2,1H3,(H,32,34). The van der Waals surface area contributed by atoms with Crippen LogP contribution in [0.3, 0.4) is 0 Å². The zero-order valence-corrected chi connectivity index (χ0v) is 20.0. The summed E-state index contributed by atoms with van der Waals surface area (Å²) >= 11 is 5.87. The maximum atomic E-state index is 14.2. The van der Waals surface area contributed by atoms with Gasteiger partial charge >= 0.3 is 0 Å². The highest BCUT2D eigenvalue weighted by Gasteiger charge is 2.21. The van der Waals surface area contributed by atoms with E-state index in [4.69, 9.17) is 21.3 Å². The van der Waals surface area contributed by atoms with E-state index < -0.39 is 11.9 Å². The quantitative estimate of drug-likeness (QED) is 0.423. The average molecular weight is 494 g/mol. The third-order valence-electron chi connectivity index (χ3n) is 6.32. The molecular weight excluding hydrogens is 469 g/mol. The zero-order chi connectivity index (χ0) is 24.4. The Balaban J connectivity index is 1.41. The molecule has 1 N–H and O–H groups in total. The molecule has 1 aliphatic heterocycles. The average Bonchev–Trinajstić information content (AvgIpc) is 3.30. The number of aryl methyl sites for hydroxylation is 1. The van der Waals surface area contributed by atoms with Gasteiger partial charge in [0.05, 0.1) is 22.8 Å². The van der Waals surface area contributed by atoms with Gasteiger partial charge in [-0.05, 0) is 48.6 Å². The van der Waals surface area contributed by atoms with E-state index in [1.807, 2.05) is 6.07 Å². The van der Waals surface area contributed by atoms with Crippen molar-refractivity contribution >= 4 is 28.4 Å². The van der Waals surface area contributed by atoms with Gasteiger partial charge in [0, 0.05) is 55.6 Å². The van der Waals surface area contributed by atoms with Crippen LogP contribution in [0.2, 0.25) is 5.02 Å². The minimum Gasteiger partial charge on any atom is -0.381 e. The van der Waals surface area contributed by atoms with E-state index in [9.17, 15) is 9.18 Å². The molecule has 1 fully saturated rings. The molecule has 7 nitrogen and oxygen atoms in total. The fraction of sp³-hybridized carbons (Fsp3) is 0.308. The first-order valence-electron chi connectivity index (χ1n) is 11.5. The lowest BCUT2D eigenvalue weighted by Crippen LogP contribution is -2.29. The van der Waals surface area contributed by atoms with Crippen LogP contribution in [-0.4, -0.2) is 38.9 Å². The van der Waals surface area contributed by atoms with Gasteiger partial charge < -0.3 is 10.1 Å². The number of carbonyl (C=O) groups excluding carboxylic acids is 1. The number of rotatable bonds is 6. The van der Waals surface area contributed by atoms with E-state index in [2.05, 4.69) is 15.4 Å². The first-order chi connectivity index (χ1) is 17.0. The molecule has 2 aromatic carbocycles. The summed E-state index contributed by atoms with van der Waals surface area (Å²) in [5.74, 6) is 0.423. The minimum absolute atomic E-state index is 0.0239. The summed E-state index contributed by atoms with van der Waals surface area (Å²) in [6, 6.07) is 9.24. The first-order valence-corrected chi connectivity index (χ1v) is 11.9. The van der Waals surface area contributed by atoms with Gasteiger partial charge in [-0.25, -0.2) is 14.4 Å². The second kappa shape index (κ2) is 10.1. The van der Waals surface area contributed by atoms with Crippen molar-refractivity contribution in [2.75, 3.05) is 13.2 Å². The molecule has 9 heteroatoms. The molecule has 1 amide bonds. The summed E-state index contributed by atoms with van der Waals surface area (Å²) < 4.78 is 21.3. The van der Waals surface area contributed by atoms with Gasteiger partial charge in [-0.1, -0.05) is 23.7 Å². The predicted molar refractivity (Wildman–Crippen MR) is 131 cm³/mol. The van der Waals surface area contributed by atoms with Crippen molar-refractivity contribution in [1.29, 1.82) is 0 Å². The van der Waals surface area contributed by atoms with Gasteiger partial charge in [-0.3, -0.25) is 9.48 Å². The van der Waals surface area contributed by atoms with Crippen LogP contribution in [-0.2, 0) is 18.2 Å². The summed E-state index contributed by atoms with van der Waals surface area (Å²) in [6.45, 7) is 1.55. The van der Waals surface area contributed by atoms with Gasteiger partial charge in [-0.2, -0.15) is 5.10 Å². The minimum atomic E-state index is -0.604. The number of carbonyl (C=O) groups is 1. The van der Waals surface area contributed by atoms with Crippen LogP contribution in [0.1, 0.15) is 46.2 Å². The van der Waals surface area contributed by atoms with Crippen molar-refractivity contribution < 1.29 is 13.9 Å². The Morgan fingerprint density at radius 2 is 2.03 bits per heavy atom. The van der Waals surface area contributed by atoms with Crippen LogP contribution in [0.15, 0.2) is 55.0 Å². The monoisotopic (exact) mass is 493 g/mol. The Morgan fingerprint density at radius 3 is 2.77 bits per heavy atom. The topological polar surface area (TPSA) is 81.9 Å². The molecular formula is C26H25ClFN5O2. The van der Waals surface area contributed by atoms with Gasteiger partial charge in [-0.15, -0.1) is 0 Å². The Kier molecular flexibility index (Phi) is 6.74. The molecule has 0 saturated carbocycles. The number of fused-ring (bicyclic) bond motifs is 1. The second-order valence-electron chi connectivity index (χ2n) is 8.85. The second-order valence-corrected chi connectivity index (χ2v) is 9.25. The number of halogens is 2. The van der Waals surface area contributed by atoms with Crippen molar-refractivity contribution in [2.24, 2.45) is 13.0 Å². The maximum Gasteiger partial charge on any atom is 0.252 e. The van der Waals surface area contributed by atoms with E-state index in [-0.39, 0.29) is 10.9 Å². The van der Waals surface area contributed by atoms with Gasteiger partial charge in [0.15, 0.2) is 0 Å². The van der Waals surface area contributed by atoms with Crippen LogP contribution in [0.4, 0.5) is 4.39 Å². The van der Waals surface area contributed by atoms with Crippen molar-refractivity contribution in [2.45, 2.75) is 25.3 Å². The van der Waals surface area contributed by atoms with Crippen LogP contribution >= 0.6 is 11.6 Å². The van der Waals surface area contributed by atoms with Gasteiger partial charge in [0.2, 0.25) is 0 Å². The Hall–Kier alpha value is -3.36. The fourth-order valence-corrected chi connectivity index (χ4v) is 4.48. The molecule has 3 heterocycles. The Bertz CT molecular complexity index is 1370. The molecule has 1 atom stereocenters. The maximum absolute atomic E-state index is 14.2. The number of benzene rings is 2. The summed E-state index contributed by atoms with van der Waals surface area (Å²) in [7, 11) is 1.78. The third kappa shape index (κ3) is 5.33. The molecule has 1 unspecified atom stereocenters. The lowest BCUT2D eigenvalue weighted by Gasteiger charge is -2.21. The van der Waals surface area contributed by atoms with Crippen LogP contribution in [0, 0.1) is 11.7 Å². The molecule has 1 saturated heterocycles. The van der Waals surface area contributed by atoms with Crippen LogP contribution in [0.25, 0.3) is 10.9 Å². The van der Waals surface area contributed by atoms with E-state index in [0.29, 0.717) is 22.6 Å². The van der Waals surface area contributed by atoms with E-state index in [0.717, 1.165) is 49.3 Å². The number of hydrogen-bond acceptors (Lipinski definition) is 5. The number of nitrogens with one attached hydrogen (secondary N) is 1. The fourth-order valence-electron chi connectivity index (χ4n) is 4.36. The van der Waals surface area contributed by atoms with Crippen LogP contribution < -0.4 is 5.32 Å². The predicted octanol–water partition coefficient (Wildman–Crippen LogP) is 4.64. The van der Waals surface area contributed by atoms with Gasteiger partial charge in [0.25, 0.3) is 5.91 Å². The molecule has 0 radical (unpaired) electrons. The smallest absolute Gasteiger partial charge is 0.252 e. The van der Waals surface area contributed by atoms with Gasteiger partial charge in [0.1, 0.15) is 11.6 Å². The summed E-state index contributed by atoms with van der Waals surface area (Å²) in [5.41, 5.74) is 2.46. The lowest BCUT2D eigenvalue weighted by atomic mass is 9.96. The van der Waals surface area contributed by atoms with E-state index in [1.54, 1.807) is 48.5 Å². The van der Waals surface area contributed by atoms with Crippen molar-refractivity contribution in [3.8, 4) is 0 Å². The normalized spacial score (nSPS) is 15.3. The Morgan fingerprint density at radius 1 is 1.20 bits per heavy atom. The van der Waals surface area contributed by atoms with E-state index >= 15 is 0 Å². The molecule has 2 aromatic heterocycles. The third-order valence-corrected chi connectivity index (χ3v) is 6.62. The van der Waals surface area contributed by atoms with Crippen molar-refractivity contribution in [3.63, 3.8) is 0 Å².